The van der Waals surface area contributed by atoms with E-state index in [4.69, 9.17) is 18.9 Å². The second-order valence-corrected chi connectivity index (χ2v) is 9.96. The highest BCUT2D eigenvalue weighted by atomic mass is 16.7. The zero-order valence-electron chi connectivity index (χ0n) is 20.4. The Morgan fingerprint density at radius 2 is 1.30 bits per heavy atom. The van der Waals surface area contributed by atoms with Crippen molar-refractivity contribution in [3.8, 4) is 11.5 Å². The van der Waals surface area contributed by atoms with Crippen LogP contribution in [0.3, 0.4) is 0 Å². The van der Waals surface area contributed by atoms with Gasteiger partial charge in [-0.2, -0.15) is 0 Å². The highest BCUT2D eigenvalue weighted by Crippen LogP contribution is 2.34. The number of hydrogen-bond donors (Lipinski definition) is 8. The number of fused-ring (bicyclic) bond motifs is 1. The number of aliphatic hydroxyl groups excluding tert-OH is 6. The maximum Gasteiger partial charge on any atom is 0.231 e. The lowest BCUT2D eigenvalue weighted by Crippen LogP contribution is -2.66. The van der Waals surface area contributed by atoms with Gasteiger partial charge in [-0.05, 0) is 48.9 Å². The molecule has 0 amide bonds. The molecule has 10 atom stereocenters. The highest BCUT2D eigenvalue weighted by molar-refractivity contribution is 5.85. The Morgan fingerprint density at radius 3 is 1.92 bits per heavy atom. The van der Waals surface area contributed by atoms with Crippen molar-refractivity contribution in [1.29, 1.82) is 0 Å². The van der Waals surface area contributed by atoms with Crippen molar-refractivity contribution >= 4 is 10.8 Å². The molecule has 2 aliphatic heterocycles. The molecule has 2 aromatic carbocycles. The van der Waals surface area contributed by atoms with Crippen LogP contribution in [0.5, 0.6) is 11.5 Å². The molecule has 37 heavy (non-hydrogen) atoms. The lowest BCUT2D eigenvalue weighted by molar-refractivity contribution is -0.314. The van der Waals surface area contributed by atoms with Crippen LogP contribution < -0.4 is 9.47 Å². The normalized spacial score (nSPS) is 40.5. The summed E-state index contributed by atoms with van der Waals surface area (Å²) < 4.78 is 22.6. The predicted octanol–water partition coefficient (Wildman–Crippen LogP) is -1.98. The summed E-state index contributed by atoms with van der Waals surface area (Å²) in [6.07, 6.45) is -10.8. The van der Waals surface area contributed by atoms with Gasteiger partial charge < -0.3 is 59.8 Å². The van der Waals surface area contributed by atoms with Crippen LogP contribution in [0.1, 0.15) is 13.8 Å². The van der Waals surface area contributed by atoms with Crippen molar-refractivity contribution in [3.05, 3.63) is 36.4 Å². The summed E-state index contributed by atoms with van der Waals surface area (Å²) in [4.78, 5) is 0. The predicted molar refractivity (Wildman–Crippen MR) is 127 cm³/mol. The Balaban J connectivity index is 1.49. The van der Waals surface area contributed by atoms with E-state index in [1.54, 1.807) is 36.4 Å². The molecule has 8 N–H and O–H groups in total. The highest BCUT2D eigenvalue weighted by Gasteiger charge is 2.53. The van der Waals surface area contributed by atoms with Crippen molar-refractivity contribution in [2.24, 2.45) is 0 Å². The zero-order chi connectivity index (χ0) is 27.1. The molecule has 2 aliphatic rings. The summed E-state index contributed by atoms with van der Waals surface area (Å²) in [7, 11) is 0. The summed E-state index contributed by atoms with van der Waals surface area (Å²) in [5, 5.41) is 82.2. The molecule has 2 fully saturated rings. The third-order valence-electron chi connectivity index (χ3n) is 7.16. The molecule has 0 saturated carbocycles. The van der Waals surface area contributed by atoms with Gasteiger partial charge in [0, 0.05) is 0 Å². The molecule has 0 spiro atoms. The zero-order valence-corrected chi connectivity index (χ0v) is 20.4. The maximum atomic E-state index is 10.7. The monoisotopic (exact) mass is 526 g/mol. The molecule has 0 radical (unpaired) electrons. The van der Waals surface area contributed by atoms with Crippen LogP contribution in [-0.4, -0.2) is 121 Å². The molecular formula is C25H34O12. The summed E-state index contributed by atoms with van der Waals surface area (Å²) in [6, 6.07) is 10.2. The van der Waals surface area contributed by atoms with Gasteiger partial charge in [0.15, 0.2) is 5.60 Å². The molecule has 2 saturated heterocycles. The average molecular weight is 527 g/mol. The van der Waals surface area contributed by atoms with Gasteiger partial charge >= 0.3 is 0 Å². The lowest BCUT2D eigenvalue weighted by Gasteiger charge is -2.46. The van der Waals surface area contributed by atoms with Crippen molar-refractivity contribution in [1.82, 2.24) is 0 Å². The van der Waals surface area contributed by atoms with Crippen LogP contribution in [0.2, 0.25) is 0 Å². The first-order valence-electron chi connectivity index (χ1n) is 11.9. The lowest BCUT2D eigenvalue weighted by atomic mass is 9.84. The minimum atomic E-state index is -1.97. The number of ether oxygens (including phenoxy) is 4. The van der Waals surface area contributed by atoms with Gasteiger partial charge in [-0.1, -0.05) is 12.1 Å². The van der Waals surface area contributed by atoms with Gasteiger partial charge in [0.2, 0.25) is 6.29 Å². The van der Waals surface area contributed by atoms with Crippen molar-refractivity contribution in [2.75, 3.05) is 19.8 Å². The van der Waals surface area contributed by atoms with E-state index in [0.29, 0.717) is 11.1 Å². The summed E-state index contributed by atoms with van der Waals surface area (Å²) in [5.74, 6) is 0.668. The molecule has 2 heterocycles. The van der Waals surface area contributed by atoms with E-state index in [-0.39, 0.29) is 12.4 Å². The summed E-state index contributed by atoms with van der Waals surface area (Å²) in [5.41, 5.74) is -3.79. The van der Waals surface area contributed by atoms with Gasteiger partial charge in [-0.25, -0.2) is 0 Å². The van der Waals surface area contributed by atoms with Gasteiger partial charge in [-0.3, -0.25) is 0 Å². The molecule has 0 unspecified atom stereocenters. The topological polar surface area (TPSA) is 199 Å². The molecule has 4 rings (SSSR count). The molecule has 0 aliphatic carbocycles. The minimum Gasteiger partial charge on any atom is -0.491 e. The first kappa shape index (κ1) is 27.9. The van der Waals surface area contributed by atoms with E-state index < -0.39 is 73.4 Å². The summed E-state index contributed by atoms with van der Waals surface area (Å²) in [6.45, 7) is 1.25. The number of rotatable bonds is 7. The Hall–Kier alpha value is -2.10. The van der Waals surface area contributed by atoms with Gasteiger partial charge in [0.05, 0.1) is 13.2 Å². The van der Waals surface area contributed by atoms with Crippen molar-refractivity contribution < 1.29 is 59.8 Å². The van der Waals surface area contributed by atoms with Crippen LogP contribution in [0, 0.1) is 0 Å². The summed E-state index contributed by atoms with van der Waals surface area (Å²) >= 11 is 0. The fraction of sp³-hybridized carbons (Fsp3) is 0.600. The third kappa shape index (κ3) is 5.27. The fourth-order valence-electron chi connectivity index (χ4n) is 4.55. The molecule has 0 bridgehead atoms. The van der Waals surface area contributed by atoms with Crippen LogP contribution in [0.4, 0.5) is 0 Å². The second-order valence-electron chi connectivity index (χ2n) is 9.96. The standard InChI is InChI=1S/C25H34O12/c1-24(32)18(36-16(9-26)19(28)21(24)30)11-34-14-5-3-12-4-6-15(8-13(12)7-14)35-23-25(2,33)22(31)20(29)17(10-27)37-23/h3-8,16-23,26-33H,9-11H2,1-2H3/t16-,17-,18-,19-,20-,21+,22+,23+,24-,25+/m1/s1. The minimum absolute atomic E-state index is 0.184. The van der Waals surface area contributed by atoms with E-state index >= 15 is 0 Å². The molecule has 206 valence electrons. The Labute approximate surface area is 212 Å². The smallest absolute Gasteiger partial charge is 0.231 e. The van der Waals surface area contributed by atoms with Gasteiger partial charge in [-0.15, -0.1) is 0 Å². The average Bonchev–Trinajstić information content (AvgIpc) is 2.87. The first-order chi connectivity index (χ1) is 17.4. The Bertz CT molecular complexity index is 1070. The van der Waals surface area contributed by atoms with E-state index in [2.05, 4.69) is 0 Å². The molecule has 12 heteroatoms. The third-order valence-corrected chi connectivity index (χ3v) is 7.16. The Morgan fingerprint density at radius 1 is 0.757 bits per heavy atom. The van der Waals surface area contributed by atoms with Gasteiger partial charge in [0.25, 0.3) is 0 Å². The van der Waals surface area contributed by atoms with Crippen LogP contribution in [0.15, 0.2) is 36.4 Å². The van der Waals surface area contributed by atoms with E-state index in [1.807, 2.05) is 0 Å². The molecule has 0 aromatic heterocycles. The molecule has 2 aromatic rings. The van der Waals surface area contributed by atoms with E-state index in [9.17, 15) is 40.9 Å². The fourth-order valence-corrected chi connectivity index (χ4v) is 4.55. The first-order valence-corrected chi connectivity index (χ1v) is 11.9. The number of aliphatic hydroxyl groups is 8. The van der Waals surface area contributed by atoms with Crippen LogP contribution >= 0.6 is 0 Å². The largest absolute Gasteiger partial charge is 0.491 e. The Kier molecular flexibility index (Phi) is 7.98. The molecule has 12 nitrogen and oxygen atoms in total. The van der Waals surface area contributed by atoms with E-state index in [1.165, 1.54) is 13.8 Å². The van der Waals surface area contributed by atoms with Crippen molar-refractivity contribution in [3.63, 3.8) is 0 Å². The van der Waals surface area contributed by atoms with Crippen LogP contribution in [-0.2, 0) is 9.47 Å². The second kappa shape index (κ2) is 10.6. The maximum absolute atomic E-state index is 10.7. The van der Waals surface area contributed by atoms with Crippen LogP contribution in [0.25, 0.3) is 10.8 Å². The quantitative estimate of drug-likeness (QED) is 0.198. The molecular weight excluding hydrogens is 492 g/mol. The van der Waals surface area contributed by atoms with E-state index in [0.717, 1.165) is 5.39 Å². The van der Waals surface area contributed by atoms with Gasteiger partial charge in [0.1, 0.15) is 66.4 Å². The number of hydrogen-bond acceptors (Lipinski definition) is 12. The SMILES string of the molecule is C[C@@]1(O)[C@@H](Oc2ccc3ccc(OC[C@H]4O[C@H](CO)[C@@H](O)[C@H](O)[C@]4(C)O)cc3c2)O[C@H](CO)[C@@H](O)[C@@H]1O. The number of benzene rings is 2. The van der Waals surface area contributed by atoms with Crippen molar-refractivity contribution in [2.45, 2.75) is 74.1 Å².